The molecule has 1 fully saturated rings. The number of halogens is 4. The van der Waals surface area contributed by atoms with E-state index < -0.39 is 17.2 Å². The fourth-order valence-corrected chi connectivity index (χ4v) is 3.13. The number of nitrogens with zero attached hydrogens (tertiary/aromatic N) is 1. The SMILES string of the molecule is CN=C(NCC(C)C)NCC1(c2cccc(C(F)(F)F)c2)CCOCC1.I. The summed E-state index contributed by atoms with van der Waals surface area (Å²) in [5, 5.41) is 6.53. The van der Waals surface area contributed by atoms with Gasteiger partial charge in [-0.1, -0.05) is 32.0 Å². The Hall–Kier alpha value is -1.03. The average Bonchev–Trinajstić information content (AvgIpc) is 2.62. The molecule has 0 amide bonds. The van der Waals surface area contributed by atoms with Crippen molar-refractivity contribution >= 4 is 29.9 Å². The minimum absolute atomic E-state index is 0. The topological polar surface area (TPSA) is 45.7 Å². The van der Waals surface area contributed by atoms with Crippen LogP contribution in [0.25, 0.3) is 0 Å². The molecule has 27 heavy (non-hydrogen) atoms. The van der Waals surface area contributed by atoms with Crippen molar-refractivity contribution in [2.75, 3.05) is 33.4 Å². The van der Waals surface area contributed by atoms with Crippen LogP contribution in [0.3, 0.4) is 0 Å². The minimum Gasteiger partial charge on any atom is -0.381 e. The molecule has 1 aromatic rings. The molecule has 0 saturated carbocycles. The first-order chi connectivity index (χ1) is 12.3. The lowest BCUT2D eigenvalue weighted by Crippen LogP contribution is -2.48. The molecule has 0 unspecified atom stereocenters. The van der Waals surface area contributed by atoms with Crippen molar-refractivity contribution in [3.8, 4) is 0 Å². The van der Waals surface area contributed by atoms with Gasteiger partial charge < -0.3 is 15.4 Å². The first-order valence-corrected chi connectivity index (χ1v) is 8.97. The molecule has 0 spiro atoms. The fraction of sp³-hybridized carbons (Fsp3) is 0.632. The number of aliphatic imine (C=N–C) groups is 1. The highest BCUT2D eigenvalue weighted by Gasteiger charge is 2.37. The summed E-state index contributed by atoms with van der Waals surface area (Å²) in [7, 11) is 1.69. The summed E-state index contributed by atoms with van der Waals surface area (Å²) in [5.74, 6) is 1.13. The Kier molecular flexibility index (Phi) is 9.33. The summed E-state index contributed by atoms with van der Waals surface area (Å²) in [6, 6.07) is 5.66. The molecule has 8 heteroatoms. The lowest BCUT2D eigenvalue weighted by Gasteiger charge is -2.38. The average molecular weight is 499 g/mol. The maximum atomic E-state index is 13.1. The van der Waals surface area contributed by atoms with Gasteiger partial charge in [-0.3, -0.25) is 4.99 Å². The van der Waals surface area contributed by atoms with Gasteiger partial charge in [0.2, 0.25) is 0 Å². The Morgan fingerprint density at radius 2 is 1.89 bits per heavy atom. The van der Waals surface area contributed by atoms with Gasteiger partial charge in [0.15, 0.2) is 5.96 Å². The summed E-state index contributed by atoms with van der Waals surface area (Å²) >= 11 is 0. The second-order valence-electron chi connectivity index (χ2n) is 7.17. The normalized spacial score (nSPS) is 17.4. The molecule has 1 saturated heterocycles. The molecule has 0 aliphatic carbocycles. The molecule has 0 radical (unpaired) electrons. The van der Waals surface area contributed by atoms with Crippen molar-refractivity contribution in [1.82, 2.24) is 10.6 Å². The molecule has 2 N–H and O–H groups in total. The van der Waals surface area contributed by atoms with E-state index in [4.69, 9.17) is 4.74 Å². The van der Waals surface area contributed by atoms with Gasteiger partial charge in [0, 0.05) is 38.8 Å². The highest BCUT2D eigenvalue weighted by molar-refractivity contribution is 14.0. The standard InChI is InChI=1S/C19H28F3N3O.HI/c1-14(2)12-24-17(23-3)25-13-18(7-9-26-10-8-18)15-5-4-6-16(11-15)19(20,21)22;/h4-6,11,14H,7-10,12-13H2,1-3H3,(H2,23,24,25);1H. The number of guanidine groups is 1. The zero-order chi connectivity index (χ0) is 19.2. The molecule has 1 aliphatic heterocycles. The van der Waals surface area contributed by atoms with E-state index in [1.54, 1.807) is 13.1 Å². The first kappa shape index (κ1) is 24.0. The van der Waals surface area contributed by atoms with E-state index in [0.717, 1.165) is 12.6 Å². The van der Waals surface area contributed by atoms with Crippen molar-refractivity contribution < 1.29 is 17.9 Å². The van der Waals surface area contributed by atoms with Gasteiger partial charge >= 0.3 is 6.18 Å². The molecule has 1 aliphatic rings. The zero-order valence-corrected chi connectivity index (χ0v) is 18.4. The van der Waals surface area contributed by atoms with Crippen LogP contribution in [0.15, 0.2) is 29.3 Å². The van der Waals surface area contributed by atoms with Gasteiger partial charge in [-0.15, -0.1) is 24.0 Å². The fourth-order valence-electron chi connectivity index (χ4n) is 3.13. The van der Waals surface area contributed by atoms with Crippen molar-refractivity contribution in [2.24, 2.45) is 10.9 Å². The van der Waals surface area contributed by atoms with Gasteiger partial charge in [0.25, 0.3) is 0 Å². The highest BCUT2D eigenvalue weighted by atomic mass is 127. The number of alkyl halides is 3. The third-order valence-corrected chi connectivity index (χ3v) is 4.75. The number of benzene rings is 1. The Labute approximate surface area is 176 Å². The maximum absolute atomic E-state index is 13.1. The van der Waals surface area contributed by atoms with Gasteiger partial charge in [0.05, 0.1) is 5.56 Å². The van der Waals surface area contributed by atoms with Crippen LogP contribution in [-0.2, 0) is 16.3 Å². The van der Waals surface area contributed by atoms with Crippen LogP contribution in [0.2, 0.25) is 0 Å². The smallest absolute Gasteiger partial charge is 0.381 e. The highest BCUT2D eigenvalue weighted by Crippen LogP contribution is 2.37. The number of rotatable bonds is 5. The van der Waals surface area contributed by atoms with Gasteiger partial charge in [0.1, 0.15) is 0 Å². The Balaban J connectivity index is 0.00000364. The lowest BCUT2D eigenvalue weighted by atomic mass is 9.73. The summed E-state index contributed by atoms with van der Waals surface area (Å²) in [4.78, 5) is 4.21. The molecule has 0 bridgehead atoms. The third kappa shape index (κ3) is 6.81. The van der Waals surface area contributed by atoms with Gasteiger partial charge in [-0.05, 0) is 30.4 Å². The number of hydrogen-bond donors (Lipinski definition) is 2. The molecule has 1 aromatic carbocycles. The minimum atomic E-state index is -4.34. The first-order valence-electron chi connectivity index (χ1n) is 8.97. The van der Waals surface area contributed by atoms with E-state index >= 15 is 0 Å². The van der Waals surface area contributed by atoms with Crippen LogP contribution in [-0.4, -0.2) is 39.3 Å². The van der Waals surface area contributed by atoms with E-state index in [0.29, 0.717) is 50.0 Å². The second-order valence-corrected chi connectivity index (χ2v) is 7.17. The predicted octanol–water partition coefficient (Wildman–Crippen LogP) is 4.19. The van der Waals surface area contributed by atoms with Crippen molar-refractivity contribution in [2.45, 2.75) is 38.3 Å². The van der Waals surface area contributed by atoms with Crippen molar-refractivity contribution in [3.05, 3.63) is 35.4 Å². The molecular formula is C19H29F3IN3O. The Morgan fingerprint density at radius 3 is 2.44 bits per heavy atom. The summed E-state index contributed by atoms with van der Waals surface area (Å²) in [6.45, 7) is 6.56. The van der Waals surface area contributed by atoms with E-state index in [1.807, 2.05) is 0 Å². The largest absolute Gasteiger partial charge is 0.416 e. The monoisotopic (exact) mass is 499 g/mol. The van der Waals surface area contributed by atoms with E-state index in [9.17, 15) is 13.2 Å². The lowest BCUT2D eigenvalue weighted by molar-refractivity contribution is -0.137. The summed E-state index contributed by atoms with van der Waals surface area (Å²) < 4.78 is 44.9. The number of ether oxygens (including phenoxy) is 1. The molecular weight excluding hydrogens is 470 g/mol. The zero-order valence-electron chi connectivity index (χ0n) is 16.0. The Bertz CT molecular complexity index is 614. The van der Waals surface area contributed by atoms with E-state index in [2.05, 4.69) is 29.5 Å². The quantitative estimate of drug-likeness (QED) is 0.363. The van der Waals surface area contributed by atoms with Crippen LogP contribution in [0.1, 0.15) is 37.8 Å². The third-order valence-electron chi connectivity index (χ3n) is 4.75. The molecule has 154 valence electrons. The number of nitrogens with one attached hydrogen (secondary N) is 2. The summed E-state index contributed by atoms with van der Waals surface area (Å²) in [5.41, 5.74) is -0.319. The van der Waals surface area contributed by atoms with Crippen LogP contribution in [0.4, 0.5) is 13.2 Å². The van der Waals surface area contributed by atoms with Crippen LogP contribution >= 0.6 is 24.0 Å². The predicted molar refractivity (Wildman–Crippen MR) is 113 cm³/mol. The van der Waals surface area contributed by atoms with E-state index in [-0.39, 0.29) is 24.0 Å². The molecule has 0 atom stereocenters. The van der Waals surface area contributed by atoms with Crippen molar-refractivity contribution in [3.63, 3.8) is 0 Å². The maximum Gasteiger partial charge on any atom is 0.416 e. The van der Waals surface area contributed by atoms with Crippen LogP contribution in [0, 0.1) is 5.92 Å². The number of hydrogen-bond acceptors (Lipinski definition) is 2. The van der Waals surface area contributed by atoms with Gasteiger partial charge in [-0.25, -0.2) is 0 Å². The molecule has 2 rings (SSSR count). The molecule has 0 aromatic heterocycles. The molecule has 4 nitrogen and oxygen atoms in total. The van der Waals surface area contributed by atoms with Crippen LogP contribution in [0.5, 0.6) is 0 Å². The van der Waals surface area contributed by atoms with Crippen molar-refractivity contribution in [1.29, 1.82) is 0 Å². The van der Waals surface area contributed by atoms with Gasteiger partial charge in [-0.2, -0.15) is 13.2 Å². The Morgan fingerprint density at radius 1 is 1.22 bits per heavy atom. The van der Waals surface area contributed by atoms with E-state index in [1.165, 1.54) is 12.1 Å². The van der Waals surface area contributed by atoms with Crippen LogP contribution < -0.4 is 10.6 Å². The molecule has 1 heterocycles. The summed E-state index contributed by atoms with van der Waals surface area (Å²) in [6.07, 6.45) is -3.00. The second kappa shape index (κ2) is 10.5.